The van der Waals surface area contributed by atoms with Crippen LogP contribution in [0.2, 0.25) is 0 Å². The highest BCUT2D eigenvalue weighted by Gasteiger charge is 2.29. The Kier molecular flexibility index (Phi) is 3.98. The first-order valence-electron chi connectivity index (χ1n) is 7.61. The topological polar surface area (TPSA) is 58.4 Å². The van der Waals surface area contributed by atoms with Gasteiger partial charge in [0.15, 0.2) is 0 Å². The molecule has 22 heavy (non-hydrogen) atoms. The summed E-state index contributed by atoms with van der Waals surface area (Å²) in [5, 5.41) is 8.96. The van der Waals surface area contributed by atoms with E-state index in [1.54, 1.807) is 12.1 Å². The lowest BCUT2D eigenvalue weighted by molar-refractivity contribution is 0.0697. The predicted octanol–water partition coefficient (Wildman–Crippen LogP) is 2.76. The van der Waals surface area contributed by atoms with Crippen LogP contribution in [0.1, 0.15) is 46.3 Å². The maximum atomic E-state index is 10.9. The van der Waals surface area contributed by atoms with E-state index in [4.69, 9.17) is 5.11 Å². The molecule has 0 aliphatic carbocycles. The Hall–Kier alpha value is -2.14. The van der Waals surface area contributed by atoms with Crippen molar-refractivity contribution in [1.29, 1.82) is 0 Å². The van der Waals surface area contributed by atoms with Crippen molar-refractivity contribution < 1.29 is 9.90 Å². The quantitative estimate of drug-likeness (QED) is 0.943. The van der Waals surface area contributed by atoms with Crippen LogP contribution in [-0.4, -0.2) is 32.1 Å². The third-order valence-electron chi connectivity index (χ3n) is 4.28. The van der Waals surface area contributed by atoms with Gasteiger partial charge in [0.1, 0.15) is 5.82 Å². The van der Waals surface area contributed by atoms with E-state index in [1.165, 1.54) is 6.42 Å². The molecule has 0 radical (unpaired) electrons. The number of aromatic nitrogens is 2. The molecule has 0 bridgehead atoms. The van der Waals surface area contributed by atoms with Gasteiger partial charge in [0.2, 0.25) is 0 Å². The molecule has 1 fully saturated rings. The van der Waals surface area contributed by atoms with E-state index in [2.05, 4.69) is 20.6 Å². The van der Waals surface area contributed by atoms with E-state index < -0.39 is 5.97 Å². The molecule has 0 amide bonds. The van der Waals surface area contributed by atoms with Gasteiger partial charge in [-0.1, -0.05) is 12.1 Å². The molecule has 1 aromatic heterocycles. The summed E-state index contributed by atoms with van der Waals surface area (Å²) >= 11 is 0. The lowest BCUT2D eigenvalue weighted by atomic mass is 10.1. The number of nitrogens with zero attached hydrogens (tertiary/aromatic N) is 3. The van der Waals surface area contributed by atoms with Gasteiger partial charge in [0, 0.05) is 19.8 Å². The smallest absolute Gasteiger partial charge is 0.335 e. The average molecular weight is 299 g/mol. The molecule has 1 saturated heterocycles. The number of aryl methyl sites for hydroxylation is 2. The Balaban J connectivity index is 1.76. The molecule has 5 nitrogen and oxygen atoms in total. The molecule has 0 spiro atoms. The Morgan fingerprint density at radius 1 is 1.36 bits per heavy atom. The standard InChI is InChI=1S/C17H21N3O2/c1-12-10-19(2)16(18-12)15-4-3-9-20(15)11-13-5-7-14(8-6-13)17(21)22/h5-8,10,15H,3-4,9,11H2,1-2H3,(H,21,22). The maximum Gasteiger partial charge on any atom is 0.335 e. The van der Waals surface area contributed by atoms with Crippen molar-refractivity contribution in [2.45, 2.75) is 32.4 Å². The van der Waals surface area contributed by atoms with Crippen molar-refractivity contribution in [3.8, 4) is 0 Å². The first kappa shape index (κ1) is 14.8. The zero-order valence-corrected chi connectivity index (χ0v) is 13.0. The van der Waals surface area contributed by atoms with E-state index in [1.807, 2.05) is 26.1 Å². The van der Waals surface area contributed by atoms with Crippen LogP contribution in [0.3, 0.4) is 0 Å². The normalized spacial score (nSPS) is 18.7. The summed E-state index contributed by atoms with van der Waals surface area (Å²) in [6.45, 7) is 3.90. The number of hydrogen-bond donors (Lipinski definition) is 1. The number of hydrogen-bond acceptors (Lipinski definition) is 3. The molecular formula is C17H21N3O2. The van der Waals surface area contributed by atoms with Gasteiger partial charge in [-0.15, -0.1) is 0 Å². The number of benzene rings is 1. The van der Waals surface area contributed by atoms with E-state index in [9.17, 15) is 4.79 Å². The molecule has 1 unspecified atom stereocenters. The van der Waals surface area contributed by atoms with Gasteiger partial charge in [-0.3, -0.25) is 4.90 Å². The predicted molar refractivity (Wildman–Crippen MR) is 83.7 cm³/mol. The van der Waals surface area contributed by atoms with Gasteiger partial charge in [0.05, 0.1) is 17.3 Å². The fraction of sp³-hybridized carbons (Fsp3) is 0.412. The molecule has 0 saturated carbocycles. The van der Waals surface area contributed by atoms with Gasteiger partial charge in [-0.05, 0) is 44.0 Å². The summed E-state index contributed by atoms with van der Waals surface area (Å²) in [4.78, 5) is 18.0. The van der Waals surface area contributed by atoms with Crippen LogP contribution in [0.15, 0.2) is 30.5 Å². The van der Waals surface area contributed by atoms with E-state index in [-0.39, 0.29) is 0 Å². The number of aromatic carboxylic acids is 1. The highest BCUT2D eigenvalue weighted by atomic mass is 16.4. The number of imidazole rings is 1. The van der Waals surface area contributed by atoms with E-state index in [0.717, 1.165) is 36.6 Å². The van der Waals surface area contributed by atoms with Crippen LogP contribution in [0, 0.1) is 6.92 Å². The van der Waals surface area contributed by atoms with Crippen LogP contribution >= 0.6 is 0 Å². The van der Waals surface area contributed by atoms with Crippen molar-refractivity contribution in [1.82, 2.24) is 14.5 Å². The zero-order valence-electron chi connectivity index (χ0n) is 13.0. The van der Waals surface area contributed by atoms with Crippen LogP contribution in [0.5, 0.6) is 0 Å². The largest absolute Gasteiger partial charge is 0.478 e. The Labute approximate surface area is 130 Å². The molecule has 1 N–H and O–H groups in total. The highest BCUT2D eigenvalue weighted by Crippen LogP contribution is 2.32. The molecule has 1 aliphatic heterocycles. The van der Waals surface area contributed by atoms with Crippen LogP contribution in [0.4, 0.5) is 0 Å². The van der Waals surface area contributed by atoms with Crippen LogP contribution in [-0.2, 0) is 13.6 Å². The Bertz CT molecular complexity index is 676. The zero-order chi connectivity index (χ0) is 15.7. The minimum Gasteiger partial charge on any atom is -0.478 e. The SMILES string of the molecule is Cc1cn(C)c(C2CCCN2Cc2ccc(C(=O)O)cc2)n1. The molecular weight excluding hydrogens is 278 g/mol. The van der Waals surface area contributed by atoms with Gasteiger partial charge in [-0.2, -0.15) is 0 Å². The Morgan fingerprint density at radius 2 is 2.09 bits per heavy atom. The van der Waals surface area contributed by atoms with Gasteiger partial charge >= 0.3 is 5.97 Å². The molecule has 1 aromatic carbocycles. The Morgan fingerprint density at radius 3 is 2.68 bits per heavy atom. The van der Waals surface area contributed by atoms with Crippen molar-refractivity contribution >= 4 is 5.97 Å². The van der Waals surface area contributed by atoms with Gasteiger partial charge in [0.25, 0.3) is 0 Å². The van der Waals surface area contributed by atoms with Crippen molar-refractivity contribution in [3.63, 3.8) is 0 Å². The fourth-order valence-electron chi connectivity index (χ4n) is 3.24. The number of carbonyl (C=O) groups is 1. The summed E-state index contributed by atoms with van der Waals surface area (Å²) in [7, 11) is 2.05. The third-order valence-corrected chi connectivity index (χ3v) is 4.28. The second kappa shape index (κ2) is 5.93. The molecule has 2 aromatic rings. The number of carboxylic acids is 1. The summed E-state index contributed by atoms with van der Waals surface area (Å²) < 4.78 is 2.12. The van der Waals surface area contributed by atoms with Crippen LogP contribution < -0.4 is 0 Å². The lowest BCUT2D eigenvalue weighted by Crippen LogP contribution is -2.24. The molecule has 1 aliphatic rings. The first-order valence-corrected chi connectivity index (χ1v) is 7.61. The van der Waals surface area contributed by atoms with Crippen molar-refractivity contribution in [2.75, 3.05) is 6.54 Å². The highest BCUT2D eigenvalue weighted by molar-refractivity contribution is 5.87. The molecule has 5 heteroatoms. The van der Waals surface area contributed by atoms with Crippen molar-refractivity contribution in [2.24, 2.45) is 7.05 Å². The van der Waals surface area contributed by atoms with Gasteiger partial charge in [-0.25, -0.2) is 9.78 Å². The first-order chi connectivity index (χ1) is 10.5. The van der Waals surface area contributed by atoms with E-state index >= 15 is 0 Å². The molecule has 2 heterocycles. The second-order valence-corrected chi connectivity index (χ2v) is 5.98. The fourth-order valence-corrected chi connectivity index (χ4v) is 3.24. The lowest BCUT2D eigenvalue weighted by Gasteiger charge is -2.24. The van der Waals surface area contributed by atoms with Crippen molar-refractivity contribution in [3.05, 3.63) is 53.1 Å². The molecule has 3 rings (SSSR count). The second-order valence-electron chi connectivity index (χ2n) is 5.98. The summed E-state index contributed by atoms with van der Waals surface area (Å²) in [6, 6.07) is 7.50. The summed E-state index contributed by atoms with van der Waals surface area (Å²) in [5.41, 5.74) is 2.53. The number of rotatable bonds is 4. The monoisotopic (exact) mass is 299 g/mol. The average Bonchev–Trinajstić information content (AvgIpc) is 3.05. The molecule has 116 valence electrons. The summed E-state index contributed by atoms with van der Waals surface area (Å²) in [5.74, 6) is 0.242. The maximum absolute atomic E-state index is 10.9. The minimum atomic E-state index is -0.880. The molecule has 1 atom stereocenters. The van der Waals surface area contributed by atoms with Gasteiger partial charge < -0.3 is 9.67 Å². The minimum absolute atomic E-state index is 0.335. The van der Waals surface area contributed by atoms with Crippen LogP contribution in [0.25, 0.3) is 0 Å². The third kappa shape index (κ3) is 2.90. The number of likely N-dealkylation sites (tertiary alicyclic amines) is 1. The summed E-state index contributed by atoms with van der Waals surface area (Å²) in [6.07, 6.45) is 4.36. The van der Waals surface area contributed by atoms with E-state index in [0.29, 0.717) is 11.6 Å². The number of carboxylic acid groups (broad SMARTS) is 1.